The van der Waals surface area contributed by atoms with Crippen LogP contribution >= 0.6 is 0 Å². The molecule has 8 heteroatoms. The molecule has 0 spiro atoms. The molecule has 3 nitrogen and oxygen atoms in total. The van der Waals surface area contributed by atoms with Crippen molar-refractivity contribution in [3.05, 3.63) is 35.9 Å². The van der Waals surface area contributed by atoms with E-state index >= 15 is 0 Å². The van der Waals surface area contributed by atoms with Crippen LogP contribution in [0.5, 0.6) is 0 Å². The molecule has 144 valence electrons. The van der Waals surface area contributed by atoms with E-state index in [-0.39, 0.29) is 18.4 Å². The van der Waals surface area contributed by atoms with Gasteiger partial charge in [0.05, 0.1) is 0 Å². The van der Waals surface area contributed by atoms with E-state index in [0.29, 0.717) is 12.8 Å². The first-order valence-electron chi connectivity index (χ1n) is 8.04. The van der Waals surface area contributed by atoms with Crippen LogP contribution in [0.3, 0.4) is 0 Å². The molecule has 0 bridgehead atoms. The smallest absolute Gasteiger partial charge is 0.341 e. The van der Waals surface area contributed by atoms with Crippen molar-refractivity contribution in [2.24, 2.45) is 0 Å². The van der Waals surface area contributed by atoms with Crippen LogP contribution in [-0.4, -0.2) is 38.8 Å². The molecule has 1 rings (SSSR count). The summed E-state index contributed by atoms with van der Waals surface area (Å²) in [4.78, 5) is 0. The van der Waals surface area contributed by atoms with E-state index in [9.17, 15) is 22.0 Å². The van der Waals surface area contributed by atoms with Crippen LogP contribution in [-0.2, 0) is 6.42 Å². The Kier molecular flexibility index (Phi) is 6.95. The van der Waals surface area contributed by atoms with Gasteiger partial charge in [-0.15, -0.1) is 0 Å². The highest BCUT2D eigenvalue weighted by atomic mass is 19.3. The summed E-state index contributed by atoms with van der Waals surface area (Å²) < 4.78 is 71.6. The molecule has 1 atom stereocenters. The molecule has 1 aromatic carbocycles. The van der Waals surface area contributed by atoms with Crippen molar-refractivity contribution in [2.75, 3.05) is 0 Å². The van der Waals surface area contributed by atoms with Crippen LogP contribution in [0.15, 0.2) is 30.3 Å². The lowest BCUT2D eigenvalue weighted by molar-refractivity contribution is -0.431. The van der Waals surface area contributed by atoms with Crippen molar-refractivity contribution >= 4 is 0 Å². The van der Waals surface area contributed by atoms with Gasteiger partial charge in [-0.2, -0.15) is 17.6 Å². The summed E-state index contributed by atoms with van der Waals surface area (Å²) >= 11 is 0. The van der Waals surface area contributed by atoms with Gasteiger partial charge in [0.2, 0.25) is 0 Å². The fourth-order valence-electron chi connectivity index (χ4n) is 2.54. The summed E-state index contributed by atoms with van der Waals surface area (Å²) in [6.45, 7) is 1.80. The lowest BCUT2D eigenvalue weighted by atomic mass is 9.82. The van der Waals surface area contributed by atoms with Gasteiger partial charge in [0.15, 0.2) is 0 Å². The average molecular weight is 370 g/mol. The zero-order valence-corrected chi connectivity index (χ0v) is 13.9. The maximum Gasteiger partial charge on any atom is 0.351 e. The van der Waals surface area contributed by atoms with Gasteiger partial charge < -0.3 is 15.3 Å². The quantitative estimate of drug-likeness (QED) is 0.333. The van der Waals surface area contributed by atoms with Gasteiger partial charge in [0.25, 0.3) is 5.67 Å². The fraction of sp³-hybridized carbons (Fsp3) is 0.647. The second-order valence-corrected chi connectivity index (χ2v) is 6.19. The number of hydrogen-bond donors (Lipinski definition) is 3. The molecule has 1 aromatic rings. The van der Waals surface area contributed by atoms with Crippen LogP contribution < -0.4 is 0 Å². The average Bonchev–Trinajstić information content (AvgIpc) is 2.51. The molecule has 0 aromatic heterocycles. The van der Waals surface area contributed by atoms with Crippen molar-refractivity contribution in [1.29, 1.82) is 0 Å². The Hall–Kier alpha value is -1.25. The Bertz CT molecular complexity index is 531. The first kappa shape index (κ1) is 21.8. The Morgan fingerprint density at radius 1 is 0.840 bits per heavy atom. The highest BCUT2D eigenvalue weighted by Gasteiger charge is 2.76. The van der Waals surface area contributed by atoms with E-state index < -0.39 is 36.3 Å². The number of aliphatic hydroxyl groups is 3. The van der Waals surface area contributed by atoms with E-state index in [0.717, 1.165) is 12.1 Å². The predicted molar refractivity (Wildman–Crippen MR) is 82.0 cm³/mol. The van der Waals surface area contributed by atoms with Crippen LogP contribution in [0.25, 0.3) is 0 Å². The van der Waals surface area contributed by atoms with E-state index in [1.165, 1.54) is 18.2 Å². The van der Waals surface area contributed by atoms with Gasteiger partial charge in [-0.25, -0.2) is 4.39 Å². The molecule has 0 heterocycles. The largest absolute Gasteiger partial charge is 0.351 e. The number of hydrogen-bond acceptors (Lipinski definition) is 3. The minimum absolute atomic E-state index is 0.201. The molecule has 3 N–H and O–H groups in total. The molecular formula is C17H23F5O3. The number of benzene rings is 1. The zero-order valence-electron chi connectivity index (χ0n) is 13.9. The van der Waals surface area contributed by atoms with Crippen molar-refractivity contribution in [3.63, 3.8) is 0 Å². The molecule has 0 aliphatic rings. The number of unbranched alkanes of at least 4 members (excludes halogenated alkanes) is 3. The molecule has 0 radical (unpaired) electrons. The summed E-state index contributed by atoms with van der Waals surface area (Å²) in [5, 5.41) is 27.4. The highest BCUT2D eigenvalue weighted by molar-refractivity contribution is 5.21. The van der Waals surface area contributed by atoms with Crippen molar-refractivity contribution in [3.8, 4) is 0 Å². The third-order valence-electron chi connectivity index (χ3n) is 4.12. The van der Waals surface area contributed by atoms with Crippen molar-refractivity contribution < 1.29 is 37.3 Å². The van der Waals surface area contributed by atoms with Gasteiger partial charge in [0, 0.05) is 12.8 Å². The molecule has 0 aliphatic heterocycles. The monoisotopic (exact) mass is 370 g/mol. The first-order valence-corrected chi connectivity index (χ1v) is 8.04. The van der Waals surface area contributed by atoms with E-state index in [4.69, 9.17) is 15.3 Å². The third kappa shape index (κ3) is 4.68. The summed E-state index contributed by atoms with van der Waals surface area (Å²) in [7, 11) is 0. The minimum atomic E-state index is -5.51. The Labute approximate surface area is 143 Å². The Morgan fingerprint density at radius 3 is 1.88 bits per heavy atom. The second-order valence-electron chi connectivity index (χ2n) is 6.19. The summed E-state index contributed by atoms with van der Waals surface area (Å²) in [5.41, 5.74) is -4.90. The summed E-state index contributed by atoms with van der Waals surface area (Å²) in [6.07, 6.45) is -1.63. The normalized spacial score (nSPS) is 15.9. The van der Waals surface area contributed by atoms with Crippen molar-refractivity contribution in [1.82, 2.24) is 0 Å². The molecule has 25 heavy (non-hydrogen) atoms. The number of alkyl halides is 5. The Balaban J connectivity index is 3.14. The zero-order chi connectivity index (χ0) is 19.4. The van der Waals surface area contributed by atoms with Gasteiger partial charge >= 0.3 is 17.8 Å². The number of rotatable bonds is 10. The lowest BCUT2D eigenvalue weighted by Crippen LogP contribution is -2.68. The molecule has 0 amide bonds. The predicted octanol–water partition coefficient (Wildman–Crippen LogP) is 3.81. The Morgan fingerprint density at radius 2 is 1.40 bits per heavy atom. The van der Waals surface area contributed by atoms with Gasteiger partial charge in [-0.05, 0) is 12.0 Å². The van der Waals surface area contributed by atoms with E-state index in [1.54, 1.807) is 6.92 Å². The molecule has 0 saturated carbocycles. The molecule has 0 saturated heterocycles. The molecule has 1 unspecified atom stereocenters. The number of halogens is 5. The SMILES string of the molecule is CCCCCCC(F)(F)C(F)(F)C(F)(Cc1ccccc1)C(O)(O)O. The van der Waals surface area contributed by atoms with Crippen LogP contribution in [0.1, 0.15) is 44.6 Å². The second kappa shape index (κ2) is 7.97. The van der Waals surface area contributed by atoms with E-state index in [2.05, 4.69) is 0 Å². The van der Waals surface area contributed by atoms with Crippen LogP contribution in [0.4, 0.5) is 22.0 Å². The maximum absolute atomic E-state index is 14.9. The van der Waals surface area contributed by atoms with Gasteiger partial charge in [0.1, 0.15) is 0 Å². The fourth-order valence-corrected chi connectivity index (χ4v) is 2.54. The third-order valence-corrected chi connectivity index (χ3v) is 4.12. The minimum Gasteiger partial charge on any atom is -0.341 e. The standard InChI is InChI=1S/C17H23F5O3/c1-2-3-4-8-11-15(19,20)16(21,22)14(18,17(23,24)25)12-13-9-6-5-7-10-13/h5-7,9-10,23-25H,2-4,8,11-12H2,1H3. The van der Waals surface area contributed by atoms with Crippen LogP contribution in [0, 0.1) is 0 Å². The molecule has 0 fully saturated rings. The highest BCUT2D eigenvalue weighted by Crippen LogP contribution is 2.51. The summed E-state index contributed by atoms with van der Waals surface area (Å²) in [6, 6.07) is 6.45. The molecule has 0 aliphatic carbocycles. The summed E-state index contributed by atoms with van der Waals surface area (Å²) in [5.74, 6) is -15.0. The first-order chi connectivity index (χ1) is 11.4. The lowest BCUT2D eigenvalue weighted by Gasteiger charge is -2.42. The molecular weight excluding hydrogens is 347 g/mol. The van der Waals surface area contributed by atoms with Crippen molar-refractivity contribution in [2.45, 2.75) is 68.9 Å². The maximum atomic E-state index is 14.9. The van der Waals surface area contributed by atoms with E-state index in [1.807, 2.05) is 0 Å². The van der Waals surface area contributed by atoms with Crippen LogP contribution in [0.2, 0.25) is 0 Å². The topological polar surface area (TPSA) is 60.7 Å². The van der Waals surface area contributed by atoms with Gasteiger partial charge in [-0.1, -0.05) is 56.5 Å². The van der Waals surface area contributed by atoms with Gasteiger partial charge in [-0.3, -0.25) is 0 Å².